The number of carbonyl (C=O) groups is 8. The molecule has 14 N–H and O–H groups in total. The minimum atomic E-state index is -1.58. The van der Waals surface area contributed by atoms with Crippen LogP contribution >= 0.6 is 0 Å². The Bertz CT molecular complexity index is 1400. The van der Waals surface area contributed by atoms with Crippen molar-refractivity contribution in [3.8, 4) is 0 Å². The molecule has 0 heterocycles. The van der Waals surface area contributed by atoms with Crippen LogP contribution in [0.2, 0.25) is 0 Å². The molecule has 0 aromatic carbocycles. The molecule has 0 aliphatic heterocycles. The van der Waals surface area contributed by atoms with Gasteiger partial charge < -0.3 is 59.3 Å². The summed E-state index contributed by atoms with van der Waals surface area (Å²) in [6.45, 7) is 3.20. The van der Waals surface area contributed by atoms with Gasteiger partial charge in [0.1, 0.15) is 24.2 Å². The molecule has 356 valence electrons. The molecule has 0 aromatic rings. The van der Waals surface area contributed by atoms with Crippen LogP contribution in [0.3, 0.4) is 0 Å². The number of ketones is 1. The predicted octanol–water partition coefficient (Wildman–Crippen LogP) is 0.966. The Morgan fingerprint density at radius 2 is 0.919 bits per heavy atom. The van der Waals surface area contributed by atoms with Crippen molar-refractivity contribution in [3.63, 3.8) is 0 Å². The monoisotopic (exact) mass is 882 g/mol. The minimum Gasteiger partial charge on any atom is -0.403 e. The molecule has 0 saturated carbocycles. The first-order valence-electron chi connectivity index (χ1n) is 22.6. The number of unbranched alkanes of at least 4 members (excludes halogenated alkanes) is 15. The number of hydrogen-bond donors (Lipinski definition) is 11. The molecular formula is C43H79N9O10. The molecule has 0 aromatic heterocycles. The number of hydrogen-bond acceptors (Lipinski definition) is 12. The van der Waals surface area contributed by atoms with Crippen LogP contribution in [0.25, 0.3) is 0 Å². The highest BCUT2D eigenvalue weighted by molar-refractivity contribution is 5.97. The highest BCUT2D eigenvalue weighted by atomic mass is 16.3. The smallest absolute Gasteiger partial charge is 0.245 e. The summed E-state index contributed by atoms with van der Waals surface area (Å²) in [5.41, 5.74) is 16.6. The third-order valence-corrected chi connectivity index (χ3v) is 10.4. The maximum Gasteiger partial charge on any atom is 0.245 e. The summed E-state index contributed by atoms with van der Waals surface area (Å²) in [5.74, 6) is -6.17. The zero-order valence-corrected chi connectivity index (χ0v) is 37.5. The van der Waals surface area contributed by atoms with E-state index in [1.807, 2.05) is 6.92 Å². The van der Waals surface area contributed by atoms with Crippen molar-refractivity contribution in [1.82, 2.24) is 31.9 Å². The van der Waals surface area contributed by atoms with Crippen LogP contribution in [-0.2, 0) is 38.4 Å². The van der Waals surface area contributed by atoms with Gasteiger partial charge in [-0.2, -0.15) is 0 Å². The molecule has 0 saturated heterocycles. The van der Waals surface area contributed by atoms with Crippen molar-refractivity contribution in [2.75, 3.05) is 19.8 Å². The van der Waals surface area contributed by atoms with Gasteiger partial charge in [0, 0.05) is 31.2 Å². The van der Waals surface area contributed by atoms with Gasteiger partial charge in [0.2, 0.25) is 41.4 Å². The van der Waals surface area contributed by atoms with E-state index in [1.54, 1.807) is 0 Å². The minimum absolute atomic E-state index is 0.0608. The first-order chi connectivity index (χ1) is 29.6. The topological polar surface area (TPSA) is 327 Å². The SMILES string of the molecule is CCCCCCCCCCCCCCCCCC(=O)NCC(=O)N[C@@H](CO)C(=O)N[C@H](CCC(N)=O)C(=O)N[C@@H](C/C(N)=C/N)C(=O)N[C@@H](CO)C(=O)N[C@@H](CCCC)C(C)=O. The number of Topliss-reactive ketones (excluding diaryl/α,β-unsaturated/α-hetero) is 1. The van der Waals surface area contributed by atoms with Crippen LogP contribution in [0.5, 0.6) is 0 Å². The lowest BCUT2D eigenvalue weighted by Gasteiger charge is -2.26. The Kier molecular flexibility index (Phi) is 33.0. The fraction of sp³-hybridized carbons (Fsp3) is 0.767. The summed E-state index contributed by atoms with van der Waals surface area (Å²) in [7, 11) is 0. The van der Waals surface area contributed by atoms with Gasteiger partial charge in [-0.05, 0) is 26.2 Å². The Balaban J connectivity index is 5.17. The van der Waals surface area contributed by atoms with E-state index in [4.69, 9.17) is 17.2 Å². The third kappa shape index (κ3) is 27.9. The largest absolute Gasteiger partial charge is 0.403 e. The molecule has 0 fully saturated rings. The Morgan fingerprint density at radius 1 is 0.500 bits per heavy atom. The van der Waals surface area contributed by atoms with E-state index >= 15 is 0 Å². The van der Waals surface area contributed by atoms with Gasteiger partial charge in [0.25, 0.3) is 0 Å². The zero-order chi connectivity index (χ0) is 46.7. The molecule has 0 radical (unpaired) electrons. The maximum absolute atomic E-state index is 13.5. The summed E-state index contributed by atoms with van der Waals surface area (Å²) in [6.07, 6.45) is 19.7. The van der Waals surface area contributed by atoms with Crippen molar-refractivity contribution in [1.29, 1.82) is 0 Å². The predicted molar refractivity (Wildman–Crippen MR) is 236 cm³/mol. The van der Waals surface area contributed by atoms with Crippen LogP contribution in [-0.4, -0.2) is 107 Å². The maximum atomic E-state index is 13.5. The highest BCUT2D eigenvalue weighted by Gasteiger charge is 2.32. The van der Waals surface area contributed by atoms with Gasteiger partial charge in [-0.15, -0.1) is 0 Å². The van der Waals surface area contributed by atoms with Crippen molar-refractivity contribution < 1.29 is 48.6 Å². The number of amides is 7. The van der Waals surface area contributed by atoms with Gasteiger partial charge in [-0.3, -0.25) is 38.4 Å². The first-order valence-corrected chi connectivity index (χ1v) is 22.6. The first kappa shape index (κ1) is 57.2. The Morgan fingerprint density at radius 3 is 1.39 bits per heavy atom. The molecule has 0 aliphatic carbocycles. The number of carbonyl (C=O) groups excluding carboxylic acids is 8. The summed E-state index contributed by atoms with van der Waals surface area (Å²) in [5, 5.41) is 34.2. The second-order valence-corrected chi connectivity index (χ2v) is 15.9. The van der Waals surface area contributed by atoms with Crippen molar-refractivity contribution in [3.05, 3.63) is 11.9 Å². The molecule has 0 bridgehead atoms. The molecule has 0 aliphatic rings. The fourth-order valence-corrected chi connectivity index (χ4v) is 6.50. The number of aliphatic hydroxyl groups excluding tert-OH is 2. The van der Waals surface area contributed by atoms with E-state index < -0.39 is 98.3 Å². The third-order valence-electron chi connectivity index (χ3n) is 10.4. The second kappa shape index (κ2) is 35.8. The van der Waals surface area contributed by atoms with Crippen LogP contribution in [0, 0.1) is 0 Å². The molecule has 19 nitrogen and oxygen atoms in total. The molecular weight excluding hydrogens is 803 g/mol. The number of nitrogens with two attached hydrogens (primary N) is 3. The van der Waals surface area contributed by atoms with Crippen LogP contribution in [0.15, 0.2) is 11.9 Å². The second-order valence-electron chi connectivity index (χ2n) is 15.9. The average molecular weight is 882 g/mol. The lowest BCUT2D eigenvalue weighted by Crippen LogP contribution is -2.60. The molecule has 0 spiro atoms. The van der Waals surface area contributed by atoms with Crippen molar-refractivity contribution >= 4 is 47.1 Å². The zero-order valence-electron chi connectivity index (χ0n) is 37.5. The number of primary amides is 1. The Labute approximate surface area is 368 Å². The quantitative estimate of drug-likeness (QED) is 0.0387. The normalized spacial score (nSPS) is 13.7. The van der Waals surface area contributed by atoms with E-state index in [0.29, 0.717) is 19.3 Å². The van der Waals surface area contributed by atoms with E-state index in [9.17, 15) is 48.6 Å². The molecule has 19 heteroatoms. The van der Waals surface area contributed by atoms with Gasteiger partial charge in [0.05, 0.1) is 25.8 Å². The fourth-order valence-electron chi connectivity index (χ4n) is 6.50. The summed E-state index contributed by atoms with van der Waals surface area (Å²) < 4.78 is 0. The lowest BCUT2D eigenvalue weighted by atomic mass is 10.0. The number of rotatable bonds is 38. The molecule has 62 heavy (non-hydrogen) atoms. The van der Waals surface area contributed by atoms with Crippen LogP contribution < -0.4 is 49.1 Å². The summed E-state index contributed by atoms with van der Waals surface area (Å²) >= 11 is 0. The Hall–Kier alpha value is -4.78. The van der Waals surface area contributed by atoms with Gasteiger partial charge in [-0.1, -0.05) is 117 Å². The van der Waals surface area contributed by atoms with Crippen molar-refractivity contribution in [2.24, 2.45) is 17.2 Å². The van der Waals surface area contributed by atoms with Crippen molar-refractivity contribution in [2.45, 2.75) is 192 Å². The van der Waals surface area contributed by atoms with Crippen LogP contribution in [0.4, 0.5) is 0 Å². The number of nitrogens with one attached hydrogen (secondary N) is 6. The average Bonchev–Trinajstić information content (AvgIpc) is 3.24. The van der Waals surface area contributed by atoms with E-state index in [2.05, 4.69) is 38.8 Å². The standard InChI is InChI=1S/C43H79N9O10/c1-4-6-8-9-10-11-12-13-14-15-16-17-18-19-20-22-38(57)47-27-39(58)48-35(28-53)42(61)50-33(23-24-37(46)56)40(59)51-34(25-31(45)26-44)41(60)52-36(29-54)43(62)49-32(30(3)55)21-7-5-2/h26,32-36,53-54H,4-25,27-29,44-45H2,1-3H3,(H2,46,56)(H,47,57)(H,48,58)(H,49,62)(H,50,61)(H,51,59)(H,52,60)/b31-26-/t32-,33+,34-,35-,36-/m0/s1. The summed E-state index contributed by atoms with van der Waals surface area (Å²) in [6, 6.07) is -7.04. The molecule has 0 rings (SSSR count). The summed E-state index contributed by atoms with van der Waals surface area (Å²) in [4.78, 5) is 102. The number of aliphatic hydroxyl groups is 2. The van der Waals surface area contributed by atoms with E-state index in [1.165, 1.54) is 77.6 Å². The van der Waals surface area contributed by atoms with Crippen LogP contribution in [0.1, 0.15) is 162 Å². The van der Waals surface area contributed by atoms with Gasteiger partial charge in [-0.25, -0.2) is 0 Å². The lowest BCUT2D eigenvalue weighted by molar-refractivity contribution is -0.136. The molecule has 7 amide bonds. The van der Waals surface area contributed by atoms with Gasteiger partial charge in [0.15, 0.2) is 5.78 Å². The molecule has 0 unspecified atom stereocenters. The van der Waals surface area contributed by atoms with Gasteiger partial charge >= 0.3 is 0 Å². The van der Waals surface area contributed by atoms with E-state index in [-0.39, 0.29) is 30.2 Å². The molecule has 5 atom stereocenters. The highest BCUT2D eigenvalue weighted by Crippen LogP contribution is 2.14. The van der Waals surface area contributed by atoms with E-state index in [0.717, 1.165) is 31.9 Å².